The average molecular weight is 366 g/mol. The first kappa shape index (κ1) is 16.9. The van der Waals surface area contributed by atoms with Crippen molar-refractivity contribution >= 4 is 11.8 Å². The third kappa shape index (κ3) is 1.20. The lowest BCUT2D eigenvalue weighted by Crippen LogP contribution is -3.12. The van der Waals surface area contributed by atoms with E-state index in [0.717, 1.165) is 9.80 Å². The van der Waals surface area contributed by atoms with Crippen LogP contribution in [0.3, 0.4) is 0 Å². The molecule has 6 aliphatic rings. The van der Waals surface area contributed by atoms with Crippen molar-refractivity contribution in [3.63, 3.8) is 0 Å². The third-order valence-electron chi connectivity index (χ3n) is 8.45. The van der Waals surface area contributed by atoms with Crippen molar-refractivity contribution in [2.24, 2.45) is 46.3 Å². The molecule has 6 saturated carbocycles. The summed E-state index contributed by atoms with van der Waals surface area (Å²) in [6, 6.07) is 0. The summed E-state index contributed by atoms with van der Waals surface area (Å²) >= 11 is 0. The van der Waals surface area contributed by atoms with Crippen molar-refractivity contribution in [1.29, 1.82) is 0 Å². The van der Waals surface area contributed by atoms with E-state index in [1.165, 1.54) is 27.7 Å². The van der Waals surface area contributed by atoms with E-state index in [1.807, 2.05) is 0 Å². The molecule has 144 valence electrons. The van der Waals surface area contributed by atoms with Gasteiger partial charge in [0, 0.05) is 0 Å². The highest BCUT2D eigenvalue weighted by Crippen LogP contribution is 3.10. The maximum absolute atomic E-state index is 13.1. The maximum Gasteiger partial charge on any atom is 0.233 e. The van der Waals surface area contributed by atoms with Crippen LogP contribution in [0.15, 0.2) is 0 Å². The van der Waals surface area contributed by atoms with E-state index >= 15 is 0 Å². The number of amides is 2. The van der Waals surface area contributed by atoms with Gasteiger partial charge in [-0.3, -0.25) is 19.4 Å². The van der Waals surface area contributed by atoms with Gasteiger partial charge in [-0.25, -0.2) is 0 Å². The molecule has 0 aromatic heterocycles. The molecular weight excluding hydrogens is 340 g/mol. The Morgan fingerprint density at radius 1 is 0.615 bits per heavy atom. The Morgan fingerprint density at radius 3 is 0.962 bits per heavy atom. The summed E-state index contributed by atoms with van der Waals surface area (Å²) in [6.07, 6.45) is -4.22. The molecule has 6 rings (SSSR count). The smallest absolute Gasteiger partial charge is 0.233 e. The molecule has 26 heavy (non-hydrogen) atoms. The van der Waals surface area contributed by atoms with Crippen LogP contribution in [0.1, 0.15) is 27.7 Å². The molecule has 6 aliphatic carbocycles. The molecule has 0 bridgehead atoms. The minimum atomic E-state index is -1.06. The minimum absolute atomic E-state index is 0.142. The molecule has 4 unspecified atom stereocenters. The van der Waals surface area contributed by atoms with E-state index in [2.05, 4.69) is 0 Å². The number of aliphatic hydroxyl groups is 4. The Kier molecular flexibility index (Phi) is 2.88. The number of hydrogen-bond donors (Lipinski definition) is 4. The standard InChI is InChI=1S/C18H26N2O6/c1-5(21)19(6(2)22)15(25)17-9-12-10(17)14-11(17)13(9)18(12,14)16(26)20(7(3)23)8(4)24/h5-14,21-24H,1-4H3. The normalized spacial score (nSPS) is 51.8. The first-order chi connectivity index (χ1) is 12.1. The van der Waals surface area contributed by atoms with Crippen molar-refractivity contribution in [3.05, 3.63) is 0 Å². The van der Waals surface area contributed by atoms with E-state index < -0.39 is 35.7 Å². The first-order valence-electron chi connectivity index (χ1n) is 9.46. The SMILES string of the molecule is CC(O)N(C(=O)C12C3C4C1C1C2C3C41C(=O)N(C(C)O)C(C)O)C(C)O. The van der Waals surface area contributed by atoms with Crippen molar-refractivity contribution in [1.82, 2.24) is 9.80 Å². The monoisotopic (exact) mass is 366 g/mol. The van der Waals surface area contributed by atoms with Crippen molar-refractivity contribution in [2.75, 3.05) is 0 Å². The molecule has 0 aliphatic heterocycles. The summed E-state index contributed by atoms with van der Waals surface area (Å²) in [5, 5.41) is 39.6. The molecule has 8 nitrogen and oxygen atoms in total. The Balaban J connectivity index is 1.39. The molecule has 0 aromatic rings. The number of carbonyl (C=O) groups excluding carboxylic acids is 2. The number of carbonyl (C=O) groups is 2. The van der Waals surface area contributed by atoms with E-state index in [0.29, 0.717) is 0 Å². The lowest BCUT2D eigenvalue weighted by molar-refractivity contribution is -0.627. The quantitative estimate of drug-likeness (QED) is 0.435. The molecule has 6 fully saturated rings. The summed E-state index contributed by atoms with van der Waals surface area (Å²) in [6.45, 7) is 5.89. The molecule has 4 N–H and O–H groups in total. The van der Waals surface area contributed by atoms with Gasteiger partial charge in [-0.1, -0.05) is 0 Å². The van der Waals surface area contributed by atoms with Gasteiger partial charge in [0.15, 0.2) is 0 Å². The van der Waals surface area contributed by atoms with Gasteiger partial charge in [0.1, 0.15) is 24.9 Å². The predicted octanol–water partition coefficient (Wildman–Crippen LogP) is -1.27. The van der Waals surface area contributed by atoms with Gasteiger partial charge in [0.2, 0.25) is 11.8 Å². The number of rotatable bonds is 6. The van der Waals surface area contributed by atoms with Crippen molar-refractivity contribution in [2.45, 2.75) is 52.6 Å². The highest BCUT2D eigenvalue weighted by Gasteiger charge is 3.13. The zero-order valence-corrected chi connectivity index (χ0v) is 15.3. The van der Waals surface area contributed by atoms with Crippen LogP contribution in [0.5, 0.6) is 0 Å². The first-order valence-corrected chi connectivity index (χ1v) is 9.46. The van der Waals surface area contributed by atoms with Crippen LogP contribution >= 0.6 is 0 Å². The Labute approximate surface area is 151 Å². The summed E-state index contributed by atoms with van der Waals surface area (Å²) in [7, 11) is 0. The second kappa shape index (κ2) is 4.43. The Bertz CT molecular complexity index is 587. The summed E-state index contributed by atoms with van der Waals surface area (Å²) in [5.74, 6) is 0.484. The fourth-order valence-electron chi connectivity index (χ4n) is 8.13. The summed E-state index contributed by atoms with van der Waals surface area (Å²) in [4.78, 5) is 28.4. The second-order valence-corrected chi connectivity index (χ2v) is 8.97. The van der Waals surface area contributed by atoms with E-state index in [9.17, 15) is 30.0 Å². The molecule has 0 spiro atoms. The predicted molar refractivity (Wildman–Crippen MR) is 86.2 cm³/mol. The fraction of sp³-hybridized carbons (Fsp3) is 0.889. The third-order valence-corrected chi connectivity index (χ3v) is 8.45. The Hall–Kier alpha value is -1.22. The topological polar surface area (TPSA) is 122 Å². The number of hydrogen-bond acceptors (Lipinski definition) is 6. The zero-order chi connectivity index (χ0) is 19.1. The van der Waals surface area contributed by atoms with Crippen LogP contribution in [-0.4, -0.2) is 67.0 Å². The van der Waals surface area contributed by atoms with Gasteiger partial charge in [-0.15, -0.1) is 0 Å². The second-order valence-electron chi connectivity index (χ2n) is 8.97. The van der Waals surface area contributed by atoms with E-state index in [-0.39, 0.29) is 47.3 Å². The molecule has 8 heteroatoms. The molecule has 0 saturated heterocycles. The Morgan fingerprint density at radius 2 is 0.808 bits per heavy atom. The molecular formula is C18H26N2O6. The number of nitrogens with zero attached hydrogens (tertiary/aromatic N) is 2. The van der Waals surface area contributed by atoms with Crippen molar-refractivity contribution < 1.29 is 30.0 Å². The molecule has 0 aromatic carbocycles. The lowest BCUT2D eigenvalue weighted by atomic mass is 8.92. The van der Waals surface area contributed by atoms with E-state index in [1.54, 1.807) is 0 Å². The maximum atomic E-state index is 13.1. The van der Waals surface area contributed by atoms with Crippen LogP contribution < -0.4 is 0 Å². The number of aliphatic hydroxyl groups excluding tert-OH is 4. The van der Waals surface area contributed by atoms with Gasteiger partial charge in [0.25, 0.3) is 0 Å². The van der Waals surface area contributed by atoms with Crippen LogP contribution in [0.4, 0.5) is 0 Å². The minimum Gasteiger partial charge on any atom is -0.374 e. The largest absolute Gasteiger partial charge is 0.374 e. The molecule has 4 atom stereocenters. The molecule has 0 radical (unpaired) electrons. The summed E-state index contributed by atoms with van der Waals surface area (Å²) in [5.41, 5.74) is -0.979. The summed E-state index contributed by atoms with van der Waals surface area (Å²) < 4.78 is 0. The van der Waals surface area contributed by atoms with Crippen LogP contribution in [0.25, 0.3) is 0 Å². The highest BCUT2D eigenvalue weighted by atomic mass is 16.3. The van der Waals surface area contributed by atoms with Crippen LogP contribution in [-0.2, 0) is 9.59 Å². The highest BCUT2D eigenvalue weighted by molar-refractivity contribution is 6.00. The average Bonchev–Trinajstić information content (AvgIpc) is 2.52. The van der Waals surface area contributed by atoms with Gasteiger partial charge in [0.05, 0.1) is 10.8 Å². The van der Waals surface area contributed by atoms with Crippen LogP contribution in [0, 0.1) is 46.3 Å². The van der Waals surface area contributed by atoms with Gasteiger partial charge >= 0.3 is 0 Å². The zero-order valence-electron chi connectivity index (χ0n) is 15.3. The fourth-order valence-corrected chi connectivity index (χ4v) is 8.13. The van der Waals surface area contributed by atoms with Crippen LogP contribution in [0.2, 0.25) is 0 Å². The van der Waals surface area contributed by atoms with Gasteiger partial charge < -0.3 is 20.4 Å². The van der Waals surface area contributed by atoms with E-state index in [4.69, 9.17) is 0 Å². The van der Waals surface area contributed by atoms with Gasteiger partial charge in [-0.05, 0) is 63.2 Å². The van der Waals surface area contributed by atoms with Gasteiger partial charge in [-0.2, -0.15) is 0 Å². The van der Waals surface area contributed by atoms with Crippen molar-refractivity contribution in [3.8, 4) is 0 Å². The molecule has 2 amide bonds. The lowest BCUT2D eigenvalue weighted by Gasteiger charge is -3.09. The molecule has 0 heterocycles.